The first-order valence-electron chi connectivity index (χ1n) is 6.74. The number of thiophene rings is 1. The minimum atomic E-state index is -0.306. The molecule has 0 amide bonds. The van der Waals surface area contributed by atoms with Gasteiger partial charge in [-0.05, 0) is 12.1 Å². The van der Waals surface area contributed by atoms with Gasteiger partial charge in [0.25, 0.3) is 0 Å². The first kappa shape index (κ1) is 14.9. The number of aromatic nitrogens is 2. The van der Waals surface area contributed by atoms with Crippen LogP contribution in [0, 0.1) is 11.3 Å². The highest BCUT2D eigenvalue weighted by atomic mass is 35.5. The van der Waals surface area contributed by atoms with Gasteiger partial charge in [0.15, 0.2) is 0 Å². The number of nitrogens with two attached hydrogens (primary N) is 1. The van der Waals surface area contributed by atoms with E-state index in [1.807, 2.05) is 12.1 Å². The fourth-order valence-corrected chi connectivity index (χ4v) is 3.77. The second kappa shape index (κ2) is 5.04. The van der Waals surface area contributed by atoms with Crippen LogP contribution in [0.5, 0.6) is 5.88 Å². The Labute approximate surface area is 137 Å². The average Bonchev–Trinajstić information content (AvgIpc) is 3.02. The second-order valence-corrected chi connectivity index (χ2v) is 7.88. The lowest BCUT2D eigenvalue weighted by molar-refractivity contribution is 0.378. The summed E-state index contributed by atoms with van der Waals surface area (Å²) in [7, 11) is 0. The van der Waals surface area contributed by atoms with Crippen molar-refractivity contribution in [1.29, 1.82) is 5.26 Å². The van der Waals surface area contributed by atoms with Crippen LogP contribution in [0.15, 0.2) is 23.6 Å². The molecule has 1 aliphatic rings. The number of fused-ring (bicyclic) bond motifs is 1. The molecule has 0 aliphatic carbocycles. The number of hydrogen-bond donors (Lipinski definition) is 2. The van der Waals surface area contributed by atoms with Crippen molar-refractivity contribution in [3.63, 3.8) is 0 Å². The van der Waals surface area contributed by atoms with E-state index < -0.39 is 0 Å². The zero-order valence-corrected chi connectivity index (χ0v) is 14.0. The van der Waals surface area contributed by atoms with Crippen molar-refractivity contribution in [3.8, 4) is 11.9 Å². The Hall–Kier alpha value is -1.97. The van der Waals surface area contributed by atoms with Crippen molar-refractivity contribution >= 4 is 22.9 Å². The lowest BCUT2D eigenvalue weighted by Crippen LogP contribution is -2.23. The summed E-state index contributed by atoms with van der Waals surface area (Å²) in [6.07, 6.45) is 0. The quantitative estimate of drug-likeness (QED) is 0.833. The molecule has 7 heteroatoms. The highest BCUT2D eigenvalue weighted by Crippen LogP contribution is 2.47. The zero-order valence-electron chi connectivity index (χ0n) is 12.4. The van der Waals surface area contributed by atoms with Gasteiger partial charge in [-0.1, -0.05) is 32.4 Å². The zero-order chi connectivity index (χ0) is 16.1. The van der Waals surface area contributed by atoms with Gasteiger partial charge in [0.1, 0.15) is 11.6 Å². The molecular weight excluding hydrogens is 320 g/mol. The molecule has 3 rings (SSSR count). The van der Waals surface area contributed by atoms with Crippen molar-refractivity contribution < 1.29 is 4.74 Å². The summed E-state index contributed by atoms with van der Waals surface area (Å²) in [5.41, 5.74) is 7.91. The average molecular weight is 335 g/mol. The molecule has 2 aromatic rings. The molecule has 1 aliphatic heterocycles. The Morgan fingerprint density at radius 3 is 2.73 bits per heavy atom. The number of hydrogen-bond acceptors (Lipinski definition) is 5. The van der Waals surface area contributed by atoms with Gasteiger partial charge in [-0.3, -0.25) is 5.10 Å². The normalized spacial score (nSPS) is 17.9. The molecule has 3 N–H and O–H groups in total. The molecule has 2 aromatic heterocycles. The van der Waals surface area contributed by atoms with Crippen LogP contribution < -0.4 is 10.5 Å². The van der Waals surface area contributed by atoms with Crippen LogP contribution in [0.1, 0.15) is 42.8 Å². The standard InChI is InChI=1S/C15H15ClN4OS/c1-15(2,3)12-11-10(8-4-5-9(16)22-8)7(6-17)13(18)21-14(11)20-19-12/h4-5,10H,18H2,1-3H3,(H,19,20). The molecule has 5 nitrogen and oxygen atoms in total. The van der Waals surface area contributed by atoms with E-state index in [1.54, 1.807) is 0 Å². The number of nitrogens with zero attached hydrogens (tertiary/aromatic N) is 2. The summed E-state index contributed by atoms with van der Waals surface area (Å²) >= 11 is 7.50. The number of ether oxygens (including phenoxy) is 1. The SMILES string of the molecule is CC(C)(C)c1[nH]nc2c1C(c1ccc(Cl)s1)C(C#N)=C(N)O2. The van der Waals surface area contributed by atoms with Gasteiger partial charge in [-0.2, -0.15) is 5.26 Å². The monoisotopic (exact) mass is 334 g/mol. The van der Waals surface area contributed by atoms with E-state index in [0.717, 1.165) is 16.1 Å². The van der Waals surface area contributed by atoms with Crippen LogP contribution in [0.4, 0.5) is 0 Å². The lowest BCUT2D eigenvalue weighted by atomic mass is 9.81. The van der Waals surface area contributed by atoms with Gasteiger partial charge in [-0.15, -0.1) is 16.4 Å². The Balaban J connectivity index is 2.27. The minimum Gasteiger partial charge on any atom is -0.420 e. The summed E-state index contributed by atoms with van der Waals surface area (Å²) in [4.78, 5) is 0.945. The number of aromatic amines is 1. The van der Waals surface area contributed by atoms with E-state index in [1.165, 1.54) is 11.3 Å². The van der Waals surface area contributed by atoms with Crippen molar-refractivity contribution in [2.75, 3.05) is 0 Å². The lowest BCUT2D eigenvalue weighted by Gasteiger charge is -2.26. The number of nitriles is 1. The number of H-pyrrole nitrogens is 1. The fraction of sp³-hybridized carbons (Fsp3) is 0.333. The first-order chi connectivity index (χ1) is 10.3. The highest BCUT2D eigenvalue weighted by molar-refractivity contribution is 7.16. The molecule has 0 saturated carbocycles. The molecule has 0 spiro atoms. The van der Waals surface area contributed by atoms with E-state index >= 15 is 0 Å². The molecule has 0 aromatic carbocycles. The molecule has 0 saturated heterocycles. The first-order valence-corrected chi connectivity index (χ1v) is 7.94. The molecule has 0 fully saturated rings. The minimum absolute atomic E-state index is 0.0940. The maximum Gasteiger partial charge on any atom is 0.244 e. The van der Waals surface area contributed by atoms with Crippen LogP contribution >= 0.6 is 22.9 Å². The van der Waals surface area contributed by atoms with E-state index in [-0.39, 0.29) is 17.2 Å². The maximum absolute atomic E-state index is 9.53. The third-order valence-electron chi connectivity index (χ3n) is 3.57. The summed E-state index contributed by atoms with van der Waals surface area (Å²) in [6.45, 7) is 6.23. The van der Waals surface area contributed by atoms with E-state index in [4.69, 9.17) is 22.1 Å². The summed E-state index contributed by atoms with van der Waals surface area (Å²) in [5.74, 6) is 0.214. The van der Waals surface area contributed by atoms with Crippen molar-refractivity contribution in [3.05, 3.63) is 44.1 Å². The van der Waals surface area contributed by atoms with Gasteiger partial charge in [0.05, 0.1) is 15.8 Å². The molecule has 0 bridgehead atoms. The number of allylic oxidation sites excluding steroid dienone is 1. The largest absolute Gasteiger partial charge is 0.420 e. The van der Waals surface area contributed by atoms with Crippen LogP contribution in [0.2, 0.25) is 4.34 Å². The summed E-state index contributed by atoms with van der Waals surface area (Å²) in [5, 5.41) is 16.8. The Kier molecular flexibility index (Phi) is 3.42. The van der Waals surface area contributed by atoms with Crippen LogP contribution in [0.25, 0.3) is 0 Å². The van der Waals surface area contributed by atoms with Gasteiger partial charge < -0.3 is 10.5 Å². The number of nitrogens with one attached hydrogen (secondary N) is 1. The highest BCUT2D eigenvalue weighted by Gasteiger charge is 2.38. The van der Waals surface area contributed by atoms with Crippen LogP contribution in [0.3, 0.4) is 0 Å². The molecule has 22 heavy (non-hydrogen) atoms. The molecule has 3 heterocycles. The molecule has 1 atom stereocenters. The molecule has 0 radical (unpaired) electrons. The van der Waals surface area contributed by atoms with Crippen LogP contribution in [-0.4, -0.2) is 10.2 Å². The van der Waals surface area contributed by atoms with Gasteiger partial charge in [0.2, 0.25) is 11.8 Å². The van der Waals surface area contributed by atoms with E-state index in [2.05, 4.69) is 37.0 Å². The van der Waals surface area contributed by atoms with Crippen molar-refractivity contribution in [1.82, 2.24) is 10.2 Å². The van der Waals surface area contributed by atoms with Gasteiger partial charge in [0, 0.05) is 16.0 Å². The topological polar surface area (TPSA) is 87.7 Å². The smallest absolute Gasteiger partial charge is 0.244 e. The molecular formula is C15H15ClN4OS. The predicted molar refractivity (Wildman–Crippen MR) is 85.9 cm³/mol. The van der Waals surface area contributed by atoms with E-state index in [9.17, 15) is 5.26 Å². The molecule has 114 valence electrons. The van der Waals surface area contributed by atoms with Gasteiger partial charge in [-0.25, -0.2) is 0 Å². The summed E-state index contributed by atoms with van der Waals surface area (Å²) in [6, 6.07) is 5.90. The Bertz CT molecular complexity index is 806. The van der Waals surface area contributed by atoms with E-state index in [0.29, 0.717) is 15.8 Å². The number of halogens is 1. The van der Waals surface area contributed by atoms with Crippen LogP contribution in [-0.2, 0) is 5.41 Å². The molecule has 1 unspecified atom stereocenters. The number of rotatable bonds is 1. The third kappa shape index (κ3) is 2.27. The fourth-order valence-electron chi connectivity index (χ4n) is 2.58. The van der Waals surface area contributed by atoms with Crippen molar-refractivity contribution in [2.24, 2.45) is 5.73 Å². The van der Waals surface area contributed by atoms with Gasteiger partial charge >= 0.3 is 0 Å². The maximum atomic E-state index is 9.53. The summed E-state index contributed by atoms with van der Waals surface area (Å²) < 4.78 is 6.20. The third-order valence-corrected chi connectivity index (χ3v) is 4.86. The Morgan fingerprint density at radius 2 is 2.18 bits per heavy atom. The predicted octanol–water partition coefficient (Wildman–Crippen LogP) is 3.64. The second-order valence-electron chi connectivity index (χ2n) is 6.13. The van der Waals surface area contributed by atoms with Crippen molar-refractivity contribution in [2.45, 2.75) is 32.1 Å². The Morgan fingerprint density at radius 1 is 1.45 bits per heavy atom.